The number of aliphatic hydroxyl groups is 1. The normalized spacial score (nSPS) is 21.7. The van der Waals surface area contributed by atoms with E-state index < -0.39 is 6.10 Å². The smallest absolute Gasteiger partial charge is 0.222 e. The molecular weight excluding hydrogens is 278 g/mol. The van der Waals surface area contributed by atoms with Gasteiger partial charge in [-0.15, -0.1) is 0 Å². The molecule has 4 nitrogen and oxygen atoms in total. The Morgan fingerprint density at radius 1 is 1.36 bits per heavy atom. The lowest BCUT2D eigenvalue weighted by Crippen LogP contribution is -2.34. The van der Waals surface area contributed by atoms with Crippen molar-refractivity contribution in [3.8, 4) is 0 Å². The Hall–Kier alpha value is -1.39. The lowest BCUT2D eigenvalue weighted by atomic mass is 10.1. The third-order valence-corrected chi connectivity index (χ3v) is 4.06. The maximum atomic E-state index is 12.1. The van der Waals surface area contributed by atoms with E-state index in [-0.39, 0.29) is 18.1 Å². The third-order valence-electron chi connectivity index (χ3n) is 4.06. The molecule has 22 heavy (non-hydrogen) atoms. The molecule has 0 fully saturated rings. The first-order chi connectivity index (χ1) is 10.5. The zero-order valence-electron chi connectivity index (χ0n) is 13.7. The van der Waals surface area contributed by atoms with Crippen molar-refractivity contribution in [2.45, 2.75) is 58.3 Å². The summed E-state index contributed by atoms with van der Waals surface area (Å²) in [6, 6.07) is 7.57. The summed E-state index contributed by atoms with van der Waals surface area (Å²) in [7, 11) is 0. The lowest BCUT2D eigenvalue weighted by Gasteiger charge is -2.19. The minimum atomic E-state index is -0.540. The maximum Gasteiger partial charge on any atom is 0.222 e. The van der Waals surface area contributed by atoms with E-state index in [1.54, 1.807) is 0 Å². The van der Waals surface area contributed by atoms with E-state index in [2.05, 4.69) is 19.2 Å². The molecular formula is C18H27NO3. The van der Waals surface area contributed by atoms with E-state index in [9.17, 15) is 9.90 Å². The second kappa shape index (κ2) is 7.75. The Morgan fingerprint density at radius 3 is 2.82 bits per heavy atom. The Kier molecular flexibility index (Phi) is 5.98. The van der Waals surface area contributed by atoms with Gasteiger partial charge in [-0.05, 0) is 30.4 Å². The molecule has 3 unspecified atom stereocenters. The van der Waals surface area contributed by atoms with Gasteiger partial charge in [-0.1, -0.05) is 38.1 Å². The highest BCUT2D eigenvalue weighted by Crippen LogP contribution is 2.31. The van der Waals surface area contributed by atoms with Crippen LogP contribution in [0.5, 0.6) is 0 Å². The molecule has 1 aliphatic rings. The number of aliphatic hydroxyl groups excluding tert-OH is 1. The number of carbonyl (C=O) groups is 1. The van der Waals surface area contributed by atoms with Gasteiger partial charge >= 0.3 is 0 Å². The van der Waals surface area contributed by atoms with E-state index >= 15 is 0 Å². The van der Waals surface area contributed by atoms with Crippen LogP contribution in [0.2, 0.25) is 0 Å². The fourth-order valence-electron chi connectivity index (χ4n) is 3.08. The van der Waals surface area contributed by atoms with Gasteiger partial charge < -0.3 is 15.2 Å². The van der Waals surface area contributed by atoms with Crippen LogP contribution in [0.15, 0.2) is 24.3 Å². The van der Waals surface area contributed by atoms with Crippen molar-refractivity contribution in [2.75, 3.05) is 6.61 Å². The van der Waals surface area contributed by atoms with Crippen LogP contribution >= 0.6 is 0 Å². The van der Waals surface area contributed by atoms with Crippen molar-refractivity contribution in [1.29, 1.82) is 0 Å². The minimum Gasteiger partial charge on any atom is -0.390 e. The largest absolute Gasteiger partial charge is 0.390 e. The molecule has 0 heterocycles. The second-order valence-electron chi connectivity index (χ2n) is 6.58. The van der Waals surface area contributed by atoms with Crippen LogP contribution < -0.4 is 5.32 Å². The predicted octanol–water partition coefficient (Wildman–Crippen LogP) is 2.60. The van der Waals surface area contributed by atoms with E-state index in [1.165, 1.54) is 0 Å². The number of benzene rings is 1. The molecule has 0 spiro atoms. The van der Waals surface area contributed by atoms with Crippen LogP contribution in [0.3, 0.4) is 0 Å². The summed E-state index contributed by atoms with van der Waals surface area (Å²) >= 11 is 0. The van der Waals surface area contributed by atoms with E-state index in [4.69, 9.17) is 4.74 Å². The van der Waals surface area contributed by atoms with Crippen LogP contribution in [-0.2, 0) is 16.0 Å². The Bertz CT molecular complexity index is 501. The van der Waals surface area contributed by atoms with Crippen LogP contribution in [0.1, 0.15) is 50.8 Å². The summed E-state index contributed by atoms with van der Waals surface area (Å²) in [5.41, 5.74) is 2.14. The first-order valence-corrected chi connectivity index (χ1v) is 8.14. The van der Waals surface area contributed by atoms with E-state index in [0.717, 1.165) is 17.5 Å². The van der Waals surface area contributed by atoms with Crippen molar-refractivity contribution >= 4 is 5.91 Å². The van der Waals surface area contributed by atoms with E-state index in [0.29, 0.717) is 25.4 Å². The van der Waals surface area contributed by atoms with Gasteiger partial charge in [0.15, 0.2) is 0 Å². The zero-order valence-corrected chi connectivity index (χ0v) is 13.7. The SMILES string of the molecule is CC(C)CC(C)OCCC(=O)NC1c2ccccc2CC1O. The fourth-order valence-corrected chi connectivity index (χ4v) is 3.08. The summed E-state index contributed by atoms with van der Waals surface area (Å²) in [6.45, 7) is 6.77. The average molecular weight is 305 g/mol. The molecule has 4 heteroatoms. The van der Waals surface area contributed by atoms with E-state index in [1.807, 2.05) is 31.2 Å². The average Bonchev–Trinajstić information content (AvgIpc) is 2.74. The standard InChI is InChI=1S/C18H27NO3/c1-12(2)10-13(3)22-9-8-17(21)19-18-15-7-5-4-6-14(15)11-16(18)20/h4-7,12-13,16,18,20H,8-11H2,1-3H3,(H,19,21). The van der Waals surface area contributed by atoms with Crippen molar-refractivity contribution < 1.29 is 14.6 Å². The second-order valence-corrected chi connectivity index (χ2v) is 6.58. The van der Waals surface area contributed by atoms with Gasteiger partial charge in [0, 0.05) is 12.8 Å². The molecule has 0 saturated carbocycles. The topological polar surface area (TPSA) is 58.6 Å². The highest BCUT2D eigenvalue weighted by Gasteiger charge is 2.31. The molecule has 0 radical (unpaired) electrons. The molecule has 1 aromatic rings. The highest BCUT2D eigenvalue weighted by molar-refractivity contribution is 5.76. The Labute approximate surface area is 132 Å². The monoisotopic (exact) mass is 305 g/mol. The molecule has 1 aliphatic carbocycles. The van der Waals surface area contributed by atoms with Crippen molar-refractivity contribution in [2.24, 2.45) is 5.92 Å². The van der Waals surface area contributed by atoms with Crippen molar-refractivity contribution in [3.63, 3.8) is 0 Å². The van der Waals surface area contributed by atoms with Gasteiger partial charge in [0.05, 0.1) is 24.9 Å². The Morgan fingerprint density at radius 2 is 2.09 bits per heavy atom. The molecule has 0 aromatic heterocycles. The molecule has 3 atom stereocenters. The molecule has 2 rings (SSSR count). The number of ether oxygens (including phenoxy) is 1. The number of hydrogen-bond donors (Lipinski definition) is 2. The van der Waals surface area contributed by atoms with Crippen LogP contribution in [0.25, 0.3) is 0 Å². The zero-order chi connectivity index (χ0) is 16.1. The van der Waals surface area contributed by atoms with Gasteiger partial charge in [-0.3, -0.25) is 4.79 Å². The van der Waals surface area contributed by atoms with Crippen molar-refractivity contribution in [1.82, 2.24) is 5.32 Å². The summed E-state index contributed by atoms with van der Waals surface area (Å²) in [4.78, 5) is 12.1. The quantitative estimate of drug-likeness (QED) is 0.814. The molecule has 122 valence electrons. The Balaban J connectivity index is 1.78. The number of hydrogen-bond acceptors (Lipinski definition) is 3. The molecule has 1 aromatic carbocycles. The molecule has 2 N–H and O–H groups in total. The molecule has 0 saturated heterocycles. The molecule has 0 aliphatic heterocycles. The number of amides is 1. The number of rotatable bonds is 7. The van der Waals surface area contributed by atoms with Crippen LogP contribution in [0.4, 0.5) is 0 Å². The van der Waals surface area contributed by atoms with Crippen molar-refractivity contribution in [3.05, 3.63) is 35.4 Å². The number of carbonyl (C=O) groups excluding carboxylic acids is 1. The number of fused-ring (bicyclic) bond motifs is 1. The maximum absolute atomic E-state index is 12.1. The predicted molar refractivity (Wildman–Crippen MR) is 86.5 cm³/mol. The molecule has 1 amide bonds. The minimum absolute atomic E-state index is 0.0718. The summed E-state index contributed by atoms with van der Waals surface area (Å²) < 4.78 is 5.66. The fraction of sp³-hybridized carbons (Fsp3) is 0.611. The summed E-state index contributed by atoms with van der Waals surface area (Å²) in [6.07, 6.45) is 1.56. The first-order valence-electron chi connectivity index (χ1n) is 8.14. The van der Waals surface area contributed by atoms with Crippen LogP contribution in [-0.4, -0.2) is 29.8 Å². The van der Waals surface area contributed by atoms with Gasteiger partial charge in [0.2, 0.25) is 5.91 Å². The molecule has 0 bridgehead atoms. The van der Waals surface area contributed by atoms with Crippen LogP contribution in [0, 0.1) is 5.92 Å². The van der Waals surface area contributed by atoms with Gasteiger partial charge in [0.1, 0.15) is 0 Å². The van der Waals surface area contributed by atoms with Gasteiger partial charge in [0.25, 0.3) is 0 Å². The van der Waals surface area contributed by atoms with Gasteiger partial charge in [-0.25, -0.2) is 0 Å². The third kappa shape index (κ3) is 4.55. The van der Waals surface area contributed by atoms with Gasteiger partial charge in [-0.2, -0.15) is 0 Å². The highest BCUT2D eigenvalue weighted by atomic mass is 16.5. The number of nitrogens with one attached hydrogen (secondary N) is 1. The summed E-state index contributed by atoms with van der Waals surface area (Å²) in [5.74, 6) is 0.520. The first kappa shape index (κ1) is 17.0. The lowest BCUT2D eigenvalue weighted by molar-refractivity contribution is -0.124. The summed E-state index contributed by atoms with van der Waals surface area (Å²) in [5, 5.41) is 13.1.